The first-order valence-corrected chi connectivity index (χ1v) is 10.3. The molecule has 0 radical (unpaired) electrons. The maximum atomic E-state index is 13.2. The van der Waals surface area contributed by atoms with Crippen LogP contribution in [0.2, 0.25) is 0 Å². The van der Waals surface area contributed by atoms with Gasteiger partial charge in [-0.05, 0) is 29.8 Å². The number of likely N-dealkylation sites (N-methyl/N-ethyl adjacent to an activating group) is 1. The smallest absolute Gasteiger partial charge is 0.323 e. The molecule has 2 rings (SSSR count). The van der Waals surface area contributed by atoms with E-state index in [-0.39, 0.29) is 47.2 Å². The first-order chi connectivity index (χ1) is 14.6. The summed E-state index contributed by atoms with van der Waals surface area (Å²) in [6, 6.07) is 3.78. The summed E-state index contributed by atoms with van der Waals surface area (Å²) >= 11 is 0. The average Bonchev–Trinajstić information content (AvgIpc) is 2.69. The largest absolute Gasteiger partial charge is 0.417 e. The second-order valence-corrected chi connectivity index (χ2v) is 8.55. The second-order valence-electron chi connectivity index (χ2n) is 6.61. The van der Waals surface area contributed by atoms with E-state index in [2.05, 4.69) is 0 Å². The van der Waals surface area contributed by atoms with Crippen LogP contribution in [-0.2, 0) is 22.4 Å². The van der Waals surface area contributed by atoms with E-state index in [1.807, 2.05) is 0 Å². The molecule has 7 nitrogen and oxygen atoms in total. The van der Waals surface area contributed by atoms with Gasteiger partial charge < -0.3 is 5.73 Å². The van der Waals surface area contributed by atoms with Crippen LogP contribution in [0.3, 0.4) is 0 Å². The van der Waals surface area contributed by atoms with Gasteiger partial charge in [0.15, 0.2) is 0 Å². The Morgan fingerprint density at radius 3 is 1.94 bits per heavy atom. The molecule has 1 atom stereocenters. The van der Waals surface area contributed by atoms with Crippen LogP contribution in [-0.4, -0.2) is 30.7 Å². The van der Waals surface area contributed by atoms with Gasteiger partial charge in [0.1, 0.15) is 0 Å². The van der Waals surface area contributed by atoms with E-state index >= 15 is 0 Å². The molecule has 0 aromatic heterocycles. The van der Waals surface area contributed by atoms with Gasteiger partial charge in [0, 0.05) is 31.3 Å². The molecule has 0 bridgehead atoms. The third-order valence-corrected chi connectivity index (χ3v) is 6.48. The van der Waals surface area contributed by atoms with Crippen LogP contribution in [0, 0.1) is 10.1 Å². The maximum absolute atomic E-state index is 13.2. The lowest BCUT2D eigenvalue weighted by molar-refractivity contribution is -0.384. The monoisotopic (exact) mass is 521 g/mol. The molecule has 2 N–H and O–H groups in total. The van der Waals surface area contributed by atoms with E-state index < -0.39 is 51.0 Å². The number of hydrogen-bond acceptors (Lipinski definition) is 5. The molecule has 2 aromatic rings. The number of hydrogen-bond donors (Lipinski definition) is 1. The molecular formula is C18H18ClF6N3O4S. The third kappa shape index (κ3) is 6.56. The number of halogens is 7. The fourth-order valence-electron chi connectivity index (χ4n) is 2.89. The minimum atomic E-state index is -5.31. The predicted molar refractivity (Wildman–Crippen MR) is 108 cm³/mol. The van der Waals surface area contributed by atoms with Gasteiger partial charge in [0.2, 0.25) is 10.0 Å². The van der Waals surface area contributed by atoms with Gasteiger partial charge in [-0.2, -0.15) is 30.6 Å². The van der Waals surface area contributed by atoms with Gasteiger partial charge in [-0.15, -0.1) is 12.4 Å². The van der Waals surface area contributed by atoms with Crippen LogP contribution in [0.15, 0.2) is 47.4 Å². The van der Waals surface area contributed by atoms with Crippen molar-refractivity contribution < 1.29 is 39.7 Å². The molecule has 0 saturated carbocycles. The summed E-state index contributed by atoms with van der Waals surface area (Å²) in [6.07, 6.45) is -10.6. The summed E-state index contributed by atoms with van der Waals surface area (Å²) in [6.45, 7) is 0.710. The minimum Gasteiger partial charge on any atom is -0.323 e. The molecule has 0 saturated heterocycles. The lowest BCUT2D eigenvalue weighted by atomic mass is 9.99. The number of nitro groups is 1. The first-order valence-electron chi connectivity index (χ1n) is 8.87. The molecule has 2 aromatic carbocycles. The van der Waals surface area contributed by atoms with E-state index in [0.29, 0.717) is 0 Å². The van der Waals surface area contributed by atoms with Crippen molar-refractivity contribution in [2.45, 2.75) is 30.2 Å². The number of nitro benzene ring substituents is 1. The predicted octanol–water partition coefficient (Wildman–Crippen LogP) is 4.76. The highest BCUT2D eigenvalue weighted by Gasteiger charge is 2.43. The van der Waals surface area contributed by atoms with E-state index in [1.54, 1.807) is 0 Å². The van der Waals surface area contributed by atoms with Crippen LogP contribution in [0.4, 0.5) is 32.0 Å². The van der Waals surface area contributed by atoms with Crippen molar-refractivity contribution in [1.29, 1.82) is 0 Å². The summed E-state index contributed by atoms with van der Waals surface area (Å²) in [5, 5.41) is 10.7. The number of benzene rings is 2. The van der Waals surface area contributed by atoms with Gasteiger partial charge in [-0.25, -0.2) is 8.42 Å². The molecule has 0 amide bonds. The Hall–Kier alpha value is -2.42. The third-order valence-electron chi connectivity index (χ3n) is 4.52. The van der Waals surface area contributed by atoms with Crippen LogP contribution >= 0.6 is 12.4 Å². The normalized spacial score (nSPS) is 13.5. The van der Waals surface area contributed by atoms with Gasteiger partial charge in [0.05, 0.1) is 20.9 Å². The van der Waals surface area contributed by atoms with Gasteiger partial charge in [-0.1, -0.05) is 13.0 Å². The summed E-state index contributed by atoms with van der Waals surface area (Å²) in [5.41, 5.74) is 1.33. The number of nitrogens with two attached hydrogens (primary N) is 1. The lowest BCUT2D eigenvalue weighted by Gasteiger charge is -2.25. The Bertz CT molecular complexity index is 1090. The molecule has 33 heavy (non-hydrogen) atoms. The van der Waals surface area contributed by atoms with Gasteiger partial charge in [-0.3, -0.25) is 10.1 Å². The zero-order chi connectivity index (χ0) is 24.5. The molecule has 0 aliphatic heterocycles. The lowest BCUT2D eigenvalue weighted by Crippen LogP contribution is -2.37. The highest BCUT2D eigenvalue weighted by Crippen LogP contribution is 2.41. The van der Waals surface area contributed by atoms with Crippen LogP contribution in [0.1, 0.15) is 29.7 Å². The van der Waals surface area contributed by atoms with Crippen molar-refractivity contribution in [2.75, 3.05) is 13.1 Å². The highest BCUT2D eigenvalue weighted by atomic mass is 35.5. The molecule has 0 heterocycles. The highest BCUT2D eigenvalue weighted by molar-refractivity contribution is 7.89. The van der Waals surface area contributed by atoms with E-state index in [4.69, 9.17) is 5.73 Å². The SMILES string of the molecule is CCN(CC(N)c1ccc(C(F)(F)F)c(C(F)(F)F)c1)S(=O)(=O)c1ccc([N+](=O)[O-])cc1.Cl. The molecule has 15 heteroatoms. The zero-order valence-corrected chi connectivity index (χ0v) is 18.4. The average molecular weight is 522 g/mol. The topological polar surface area (TPSA) is 107 Å². The number of alkyl halides is 6. The van der Waals surface area contributed by atoms with Gasteiger partial charge >= 0.3 is 12.4 Å². The Balaban J connectivity index is 0.00000544. The molecule has 0 aliphatic rings. The molecule has 0 fully saturated rings. The second kappa shape index (κ2) is 10.2. The number of sulfonamides is 1. The van der Waals surface area contributed by atoms with Crippen molar-refractivity contribution >= 4 is 28.1 Å². The Kier molecular flexibility index (Phi) is 8.88. The Morgan fingerprint density at radius 1 is 1.00 bits per heavy atom. The van der Waals surface area contributed by atoms with Crippen molar-refractivity contribution in [3.63, 3.8) is 0 Å². The molecule has 1 unspecified atom stereocenters. The molecular weight excluding hydrogens is 504 g/mol. The van der Waals surface area contributed by atoms with Crippen LogP contribution < -0.4 is 5.73 Å². The quantitative estimate of drug-likeness (QED) is 0.321. The zero-order valence-electron chi connectivity index (χ0n) is 16.7. The fourth-order valence-corrected chi connectivity index (χ4v) is 4.36. The summed E-state index contributed by atoms with van der Waals surface area (Å²) in [7, 11) is -4.24. The van der Waals surface area contributed by atoms with Crippen molar-refractivity contribution in [3.05, 3.63) is 69.3 Å². The number of non-ortho nitro benzene ring substituents is 1. The molecule has 184 valence electrons. The number of nitrogens with zero attached hydrogens (tertiary/aromatic N) is 2. The molecule has 0 spiro atoms. The Labute approximate surface area is 190 Å². The number of rotatable bonds is 7. The summed E-state index contributed by atoms with van der Waals surface area (Å²) in [4.78, 5) is 9.67. The van der Waals surface area contributed by atoms with Crippen molar-refractivity contribution in [3.8, 4) is 0 Å². The Morgan fingerprint density at radius 2 is 1.52 bits per heavy atom. The molecule has 0 aliphatic carbocycles. The summed E-state index contributed by atoms with van der Waals surface area (Å²) < 4.78 is 105. The summed E-state index contributed by atoms with van der Waals surface area (Å²) in [5.74, 6) is 0. The van der Waals surface area contributed by atoms with E-state index in [0.717, 1.165) is 34.6 Å². The fraction of sp³-hybridized carbons (Fsp3) is 0.333. The standard InChI is InChI=1S/C18H17F6N3O4S.ClH/c1-2-26(32(30,31)13-6-4-12(5-7-13)27(28)29)10-16(25)11-3-8-14(17(19,20)21)15(9-11)18(22,23)24;/h3-9,16H,2,10,25H2,1H3;1H. The minimum absolute atomic E-state index is 0. The van der Waals surface area contributed by atoms with Gasteiger partial charge in [0.25, 0.3) is 5.69 Å². The van der Waals surface area contributed by atoms with E-state index in [9.17, 15) is 44.9 Å². The van der Waals surface area contributed by atoms with Crippen LogP contribution in [0.5, 0.6) is 0 Å². The van der Waals surface area contributed by atoms with E-state index in [1.165, 1.54) is 6.92 Å². The van der Waals surface area contributed by atoms with Crippen molar-refractivity contribution in [2.24, 2.45) is 5.73 Å². The maximum Gasteiger partial charge on any atom is 0.417 e. The first kappa shape index (κ1) is 28.6. The van der Waals surface area contributed by atoms with Crippen LogP contribution in [0.25, 0.3) is 0 Å². The van der Waals surface area contributed by atoms with Crippen molar-refractivity contribution in [1.82, 2.24) is 4.31 Å².